The number of aromatic carboxylic acids is 1. The molecule has 0 saturated carbocycles. The van der Waals surface area contributed by atoms with Crippen LogP contribution in [0.15, 0.2) is 69.7 Å². The molecule has 12 heteroatoms. The lowest BCUT2D eigenvalue weighted by Crippen LogP contribution is -2.12. The van der Waals surface area contributed by atoms with Crippen molar-refractivity contribution in [1.29, 1.82) is 0 Å². The molecule has 0 aliphatic carbocycles. The molecule has 3 aromatic carbocycles. The number of sulfonamides is 1. The molecule has 32 heavy (non-hydrogen) atoms. The highest BCUT2D eigenvalue weighted by Crippen LogP contribution is 2.37. The predicted molar refractivity (Wildman–Crippen MR) is 119 cm³/mol. The fourth-order valence-corrected chi connectivity index (χ4v) is 4.75. The molecule has 0 aliphatic heterocycles. The molecule has 162 valence electrons. The Morgan fingerprint density at radius 3 is 2.44 bits per heavy atom. The summed E-state index contributed by atoms with van der Waals surface area (Å²) in [4.78, 5) is 11.6. The summed E-state index contributed by atoms with van der Waals surface area (Å²) in [5, 5.41) is 37.1. The largest absolute Gasteiger partial charge is 0.505 e. The Labute approximate surface area is 186 Å². The molecule has 4 aromatic rings. The van der Waals surface area contributed by atoms with Crippen molar-refractivity contribution in [2.24, 2.45) is 10.2 Å². The van der Waals surface area contributed by atoms with Crippen LogP contribution in [0.1, 0.15) is 15.4 Å². The van der Waals surface area contributed by atoms with Crippen molar-refractivity contribution < 1.29 is 23.4 Å². The van der Waals surface area contributed by atoms with Gasteiger partial charge in [0.05, 0.1) is 10.6 Å². The summed E-state index contributed by atoms with van der Waals surface area (Å²) in [6, 6.07) is 13.8. The SMILES string of the molecule is Cc1nnc(NS(=O)(=O)c2ccc(N=Nc3cc4ccccc4c(C(=O)O)c3O)cc2)s1. The summed E-state index contributed by atoms with van der Waals surface area (Å²) in [6.07, 6.45) is 0. The zero-order chi connectivity index (χ0) is 22.9. The van der Waals surface area contributed by atoms with Gasteiger partial charge in [-0.1, -0.05) is 35.6 Å². The molecule has 0 fully saturated rings. The third-order valence-electron chi connectivity index (χ3n) is 4.38. The average Bonchev–Trinajstić information content (AvgIpc) is 3.16. The molecule has 0 unspecified atom stereocenters. The second kappa shape index (κ2) is 8.32. The molecule has 0 radical (unpaired) electrons. The Hall–Kier alpha value is -3.90. The van der Waals surface area contributed by atoms with Gasteiger partial charge in [-0.2, -0.15) is 5.11 Å². The maximum atomic E-state index is 12.5. The number of hydrogen-bond donors (Lipinski definition) is 3. The van der Waals surface area contributed by atoms with E-state index < -0.39 is 21.7 Å². The Kier molecular flexibility index (Phi) is 5.55. The van der Waals surface area contributed by atoms with Crippen LogP contribution in [0.3, 0.4) is 0 Å². The van der Waals surface area contributed by atoms with Crippen LogP contribution in [-0.2, 0) is 10.0 Å². The van der Waals surface area contributed by atoms with Gasteiger partial charge in [0.25, 0.3) is 10.0 Å². The number of fused-ring (bicyclic) bond motifs is 1. The lowest BCUT2D eigenvalue weighted by atomic mass is 10.0. The van der Waals surface area contributed by atoms with E-state index in [9.17, 15) is 23.4 Å². The quantitative estimate of drug-likeness (QED) is 0.348. The van der Waals surface area contributed by atoms with Crippen LogP contribution in [0.5, 0.6) is 5.75 Å². The minimum absolute atomic E-state index is 0.00832. The number of nitrogens with one attached hydrogen (secondary N) is 1. The molecule has 3 N–H and O–H groups in total. The standard InChI is InChI=1S/C20H15N5O5S2/c1-11-21-24-20(31-11)25-32(29,30)14-8-6-13(7-9-14)22-23-16-10-12-4-2-3-5-15(12)17(18(16)26)19(27)28/h2-10,26H,1H3,(H,24,25)(H,27,28). The van der Waals surface area contributed by atoms with Gasteiger partial charge in [0.2, 0.25) is 5.13 Å². The van der Waals surface area contributed by atoms with Crippen molar-refractivity contribution in [2.45, 2.75) is 11.8 Å². The maximum Gasteiger partial charge on any atom is 0.340 e. The van der Waals surface area contributed by atoms with E-state index in [2.05, 4.69) is 25.1 Å². The number of aromatic nitrogens is 2. The Bertz CT molecular complexity index is 1460. The topological polar surface area (TPSA) is 154 Å². The monoisotopic (exact) mass is 469 g/mol. The van der Waals surface area contributed by atoms with E-state index in [1.165, 1.54) is 30.3 Å². The number of rotatable bonds is 6. The molecule has 0 amide bonds. The minimum atomic E-state index is -3.85. The van der Waals surface area contributed by atoms with Crippen molar-refractivity contribution in [3.8, 4) is 5.75 Å². The third-order valence-corrected chi connectivity index (χ3v) is 6.62. The summed E-state index contributed by atoms with van der Waals surface area (Å²) < 4.78 is 27.3. The Balaban J connectivity index is 1.61. The fourth-order valence-electron chi connectivity index (χ4n) is 2.93. The van der Waals surface area contributed by atoms with Gasteiger partial charge in [-0.15, -0.1) is 15.3 Å². The van der Waals surface area contributed by atoms with Gasteiger partial charge in [0, 0.05) is 5.39 Å². The van der Waals surface area contributed by atoms with Crippen molar-refractivity contribution in [3.63, 3.8) is 0 Å². The first-order valence-corrected chi connectivity index (χ1v) is 11.4. The van der Waals surface area contributed by atoms with E-state index in [0.717, 1.165) is 11.3 Å². The normalized spacial score (nSPS) is 11.8. The number of benzene rings is 3. The Morgan fingerprint density at radius 1 is 1.06 bits per heavy atom. The number of nitrogens with zero attached hydrogens (tertiary/aromatic N) is 4. The molecule has 0 saturated heterocycles. The highest BCUT2D eigenvalue weighted by Gasteiger charge is 2.19. The zero-order valence-electron chi connectivity index (χ0n) is 16.4. The van der Waals surface area contributed by atoms with Crippen molar-refractivity contribution >= 4 is 54.6 Å². The number of azo groups is 1. The van der Waals surface area contributed by atoms with Crippen LogP contribution in [0, 0.1) is 6.92 Å². The summed E-state index contributed by atoms with van der Waals surface area (Å²) in [5.41, 5.74) is 0.0164. The fraction of sp³-hybridized carbons (Fsp3) is 0.0500. The summed E-state index contributed by atoms with van der Waals surface area (Å²) >= 11 is 1.11. The van der Waals surface area contributed by atoms with Gasteiger partial charge < -0.3 is 10.2 Å². The molecule has 0 spiro atoms. The molecule has 10 nitrogen and oxygen atoms in total. The summed E-state index contributed by atoms with van der Waals surface area (Å²) in [5.74, 6) is -1.79. The molecule has 0 atom stereocenters. The number of carbonyl (C=O) groups is 1. The average molecular weight is 470 g/mol. The van der Waals surface area contributed by atoms with Gasteiger partial charge in [-0.3, -0.25) is 4.72 Å². The van der Waals surface area contributed by atoms with Crippen LogP contribution in [-0.4, -0.2) is 34.8 Å². The second-order valence-electron chi connectivity index (χ2n) is 6.57. The van der Waals surface area contributed by atoms with Crippen LogP contribution in [0.2, 0.25) is 0 Å². The molecule has 1 heterocycles. The number of carboxylic acid groups (broad SMARTS) is 1. The van der Waals surface area contributed by atoms with Crippen LogP contribution >= 0.6 is 11.3 Å². The second-order valence-corrected chi connectivity index (χ2v) is 9.44. The smallest absolute Gasteiger partial charge is 0.340 e. The number of anilines is 1. The Morgan fingerprint density at radius 2 is 1.78 bits per heavy atom. The van der Waals surface area contributed by atoms with E-state index in [1.54, 1.807) is 31.2 Å². The van der Waals surface area contributed by atoms with Crippen molar-refractivity contribution in [3.05, 3.63) is 65.2 Å². The number of aromatic hydroxyl groups is 1. The number of hydrogen-bond acceptors (Lipinski definition) is 9. The van der Waals surface area contributed by atoms with Gasteiger partial charge >= 0.3 is 5.97 Å². The van der Waals surface area contributed by atoms with E-state index >= 15 is 0 Å². The number of phenols is 1. The van der Waals surface area contributed by atoms with Crippen LogP contribution < -0.4 is 4.72 Å². The first kappa shape index (κ1) is 21.3. The number of aryl methyl sites for hydroxylation is 1. The number of carboxylic acids is 1. The lowest BCUT2D eigenvalue weighted by Gasteiger charge is -2.07. The van der Waals surface area contributed by atoms with Gasteiger partial charge in [-0.25, -0.2) is 13.2 Å². The molecule has 1 aromatic heterocycles. The van der Waals surface area contributed by atoms with Gasteiger partial charge in [0.1, 0.15) is 16.3 Å². The first-order chi connectivity index (χ1) is 15.2. The summed E-state index contributed by atoms with van der Waals surface area (Å²) in [6.45, 7) is 1.71. The van der Waals surface area contributed by atoms with E-state index in [0.29, 0.717) is 21.5 Å². The third kappa shape index (κ3) is 4.26. The molecule has 0 aliphatic rings. The molecule has 0 bridgehead atoms. The van der Waals surface area contributed by atoms with Crippen molar-refractivity contribution in [1.82, 2.24) is 10.2 Å². The van der Waals surface area contributed by atoms with Crippen LogP contribution in [0.25, 0.3) is 10.8 Å². The molecular weight excluding hydrogens is 454 g/mol. The highest BCUT2D eigenvalue weighted by atomic mass is 32.2. The minimum Gasteiger partial charge on any atom is -0.505 e. The first-order valence-electron chi connectivity index (χ1n) is 9.07. The lowest BCUT2D eigenvalue weighted by molar-refractivity contribution is 0.0696. The molecule has 4 rings (SSSR count). The predicted octanol–water partition coefficient (Wildman–Crippen LogP) is 4.62. The van der Waals surface area contributed by atoms with Crippen molar-refractivity contribution in [2.75, 3.05) is 4.72 Å². The van der Waals surface area contributed by atoms with Crippen LogP contribution in [0.4, 0.5) is 16.5 Å². The van der Waals surface area contributed by atoms with E-state index in [-0.39, 0.29) is 21.3 Å². The van der Waals surface area contributed by atoms with Gasteiger partial charge in [-0.05, 0) is 42.6 Å². The van der Waals surface area contributed by atoms with Gasteiger partial charge in [0.15, 0.2) is 5.75 Å². The molecular formula is C20H15N5O5S2. The maximum absolute atomic E-state index is 12.5. The zero-order valence-corrected chi connectivity index (χ0v) is 18.1. The summed E-state index contributed by atoms with van der Waals surface area (Å²) in [7, 11) is -3.85. The van der Waals surface area contributed by atoms with E-state index in [4.69, 9.17) is 0 Å². The van der Waals surface area contributed by atoms with E-state index in [1.807, 2.05) is 0 Å². The highest BCUT2D eigenvalue weighted by molar-refractivity contribution is 7.93.